The van der Waals surface area contributed by atoms with Crippen molar-refractivity contribution < 1.29 is 13.2 Å². The van der Waals surface area contributed by atoms with Gasteiger partial charge < -0.3 is 0 Å². The molecule has 0 amide bonds. The van der Waals surface area contributed by atoms with E-state index in [1.807, 2.05) is 0 Å². The Morgan fingerprint density at radius 3 is 2.26 bits per heavy atom. The Balaban J connectivity index is 2.04. The van der Waals surface area contributed by atoms with Crippen LogP contribution < -0.4 is 0 Å². The third kappa shape index (κ3) is 3.21. The number of hydrogen-bond donors (Lipinski definition) is 0. The first-order valence-electron chi connectivity index (χ1n) is 6.52. The zero-order valence-electron chi connectivity index (χ0n) is 11.5. The zero-order valence-corrected chi connectivity index (χ0v) is 13.0. The molecule has 23 heavy (non-hydrogen) atoms. The molecular weight excluding hydrogens is 348 g/mol. The lowest BCUT2D eigenvalue weighted by molar-refractivity contribution is -0.137. The summed E-state index contributed by atoms with van der Waals surface area (Å²) in [7, 11) is 0. The molecule has 1 heterocycles. The topological polar surface area (TPSA) is 17.8 Å². The molecule has 0 radical (unpaired) electrons. The molecule has 2 aromatic carbocycles. The standard InChI is InChI=1S/C16H9Cl2F3N2/c17-11-3-6-13(14(18)9-11)15-22-7-8-23(15)12-4-1-10(2-5-12)16(19,20)21/h1-9H. The maximum Gasteiger partial charge on any atom is 0.416 e. The SMILES string of the molecule is FC(F)(F)c1ccc(-n2ccnc2-c2ccc(Cl)cc2Cl)cc1. The summed E-state index contributed by atoms with van der Waals surface area (Å²) in [5.74, 6) is 0.520. The molecule has 0 N–H and O–H groups in total. The van der Waals surface area contributed by atoms with Gasteiger partial charge in [0.25, 0.3) is 0 Å². The summed E-state index contributed by atoms with van der Waals surface area (Å²) in [6, 6.07) is 9.81. The fourth-order valence-electron chi connectivity index (χ4n) is 2.19. The fourth-order valence-corrected chi connectivity index (χ4v) is 2.69. The van der Waals surface area contributed by atoms with Gasteiger partial charge in [-0.3, -0.25) is 4.57 Å². The molecule has 0 atom stereocenters. The highest BCUT2D eigenvalue weighted by Gasteiger charge is 2.30. The Labute approximate surface area is 140 Å². The van der Waals surface area contributed by atoms with Gasteiger partial charge in [-0.2, -0.15) is 13.2 Å². The van der Waals surface area contributed by atoms with Crippen LogP contribution in [0.1, 0.15) is 5.56 Å². The number of hydrogen-bond acceptors (Lipinski definition) is 1. The van der Waals surface area contributed by atoms with Gasteiger partial charge in [-0.25, -0.2) is 4.98 Å². The van der Waals surface area contributed by atoms with Crippen molar-refractivity contribution in [1.29, 1.82) is 0 Å². The summed E-state index contributed by atoms with van der Waals surface area (Å²) >= 11 is 12.1. The van der Waals surface area contributed by atoms with E-state index in [0.717, 1.165) is 12.1 Å². The van der Waals surface area contributed by atoms with E-state index in [2.05, 4.69) is 4.98 Å². The molecule has 0 aliphatic rings. The van der Waals surface area contributed by atoms with E-state index in [4.69, 9.17) is 23.2 Å². The summed E-state index contributed by atoms with van der Waals surface area (Å²) in [5.41, 5.74) is 0.491. The first kappa shape index (κ1) is 15.9. The van der Waals surface area contributed by atoms with Crippen LogP contribution in [-0.4, -0.2) is 9.55 Å². The van der Waals surface area contributed by atoms with Crippen molar-refractivity contribution in [2.45, 2.75) is 6.18 Å². The molecular formula is C16H9Cl2F3N2. The molecule has 0 saturated heterocycles. The van der Waals surface area contributed by atoms with Crippen LogP contribution in [0, 0.1) is 0 Å². The molecule has 1 aromatic heterocycles. The van der Waals surface area contributed by atoms with Gasteiger partial charge >= 0.3 is 6.18 Å². The van der Waals surface area contributed by atoms with Gasteiger partial charge in [-0.05, 0) is 42.5 Å². The Kier molecular flexibility index (Phi) is 4.08. The third-order valence-electron chi connectivity index (χ3n) is 3.29. The van der Waals surface area contributed by atoms with E-state index >= 15 is 0 Å². The summed E-state index contributed by atoms with van der Waals surface area (Å²) in [4.78, 5) is 4.24. The molecule has 2 nitrogen and oxygen atoms in total. The van der Waals surface area contributed by atoms with Crippen LogP contribution in [0.3, 0.4) is 0 Å². The highest BCUT2D eigenvalue weighted by Crippen LogP contribution is 2.32. The van der Waals surface area contributed by atoms with E-state index in [9.17, 15) is 13.2 Å². The van der Waals surface area contributed by atoms with E-state index in [-0.39, 0.29) is 0 Å². The highest BCUT2D eigenvalue weighted by atomic mass is 35.5. The minimum absolute atomic E-state index is 0.414. The van der Waals surface area contributed by atoms with Crippen molar-refractivity contribution in [3.05, 3.63) is 70.5 Å². The smallest absolute Gasteiger partial charge is 0.300 e. The molecule has 0 spiro atoms. The summed E-state index contributed by atoms with van der Waals surface area (Å²) in [5, 5.41) is 0.906. The number of benzene rings is 2. The van der Waals surface area contributed by atoms with Crippen molar-refractivity contribution in [2.75, 3.05) is 0 Å². The molecule has 0 fully saturated rings. The van der Waals surface area contributed by atoms with E-state index in [1.54, 1.807) is 35.2 Å². The monoisotopic (exact) mass is 356 g/mol. The average Bonchev–Trinajstić information content (AvgIpc) is 2.95. The van der Waals surface area contributed by atoms with Gasteiger partial charge in [0.1, 0.15) is 5.82 Å². The lowest BCUT2D eigenvalue weighted by Crippen LogP contribution is -2.05. The molecule has 3 aromatic rings. The maximum absolute atomic E-state index is 12.6. The average molecular weight is 357 g/mol. The fraction of sp³-hybridized carbons (Fsp3) is 0.0625. The van der Waals surface area contributed by atoms with Crippen LogP contribution in [0.15, 0.2) is 54.9 Å². The Hall–Kier alpha value is -1.98. The van der Waals surface area contributed by atoms with E-state index < -0.39 is 11.7 Å². The number of imidazole rings is 1. The van der Waals surface area contributed by atoms with Crippen LogP contribution in [0.5, 0.6) is 0 Å². The van der Waals surface area contributed by atoms with Crippen molar-refractivity contribution in [3.63, 3.8) is 0 Å². The number of aromatic nitrogens is 2. The van der Waals surface area contributed by atoms with Crippen LogP contribution in [-0.2, 0) is 6.18 Å². The first-order valence-corrected chi connectivity index (χ1v) is 7.28. The Morgan fingerprint density at radius 2 is 1.65 bits per heavy atom. The molecule has 7 heteroatoms. The van der Waals surface area contributed by atoms with Crippen molar-refractivity contribution >= 4 is 23.2 Å². The van der Waals surface area contributed by atoms with Gasteiger partial charge in [0, 0.05) is 28.7 Å². The first-order chi connectivity index (χ1) is 10.9. The van der Waals surface area contributed by atoms with E-state index in [1.165, 1.54) is 12.1 Å². The van der Waals surface area contributed by atoms with Crippen molar-refractivity contribution in [3.8, 4) is 17.1 Å². The van der Waals surface area contributed by atoms with E-state index in [0.29, 0.717) is 27.1 Å². The lowest BCUT2D eigenvalue weighted by Gasteiger charge is -2.11. The van der Waals surface area contributed by atoms with Crippen LogP contribution in [0.4, 0.5) is 13.2 Å². The third-order valence-corrected chi connectivity index (χ3v) is 3.83. The van der Waals surface area contributed by atoms with Gasteiger partial charge in [0.15, 0.2) is 0 Å². The predicted molar refractivity (Wildman–Crippen MR) is 84.0 cm³/mol. The number of halogens is 5. The minimum atomic E-state index is -4.37. The van der Waals surface area contributed by atoms with Gasteiger partial charge in [-0.1, -0.05) is 23.2 Å². The maximum atomic E-state index is 12.6. The molecule has 0 saturated carbocycles. The quantitative estimate of drug-likeness (QED) is 0.561. The van der Waals surface area contributed by atoms with Crippen LogP contribution in [0.2, 0.25) is 10.0 Å². The van der Waals surface area contributed by atoms with Gasteiger partial charge in [-0.15, -0.1) is 0 Å². The van der Waals surface area contributed by atoms with Crippen LogP contribution >= 0.6 is 23.2 Å². The molecule has 0 aliphatic heterocycles. The second-order valence-electron chi connectivity index (χ2n) is 4.79. The number of nitrogens with zero attached hydrogens (tertiary/aromatic N) is 2. The van der Waals surface area contributed by atoms with Crippen molar-refractivity contribution in [2.24, 2.45) is 0 Å². The number of alkyl halides is 3. The van der Waals surface area contributed by atoms with Crippen molar-refractivity contribution in [1.82, 2.24) is 9.55 Å². The molecule has 3 rings (SSSR count). The van der Waals surface area contributed by atoms with Crippen LogP contribution in [0.25, 0.3) is 17.1 Å². The Morgan fingerprint density at radius 1 is 0.957 bits per heavy atom. The molecule has 118 valence electrons. The largest absolute Gasteiger partial charge is 0.416 e. The summed E-state index contributed by atoms with van der Waals surface area (Å²) in [6.45, 7) is 0. The van der Waals surface area contributed by atoms with Gasteiger partial charge in [0.2, 0.25) is 0 Å². The molecule has 0 aliphatic carbocycles. The molecule has 0 unspecified atom stereocenters. The molecule has 0 bridgehead atoms. The second-order valence-corrected chi connectivity index (χ2v) is 5.63. The highest BCUT2D eigenvalue weighted by molar-refractivity contribution is 6.36. The zero-order chi connectivity index (χ0) is 16.6. The van der Waals surface area contributed by atoms with Gasteiger partial charge in [0.05, 0.1) is 10.6 Å². The number of rotatable bonds is 2. The Bertz CT molecular complexity index is 839. The summed E-state index contributed by atoms with van der Waals surface area (Å²) < 4.78 is 39.6. The lowest BCUT2D eigenvalue weighted by atomic mass is 10.1. The normalized spacial score (nSPS) is 11.7. The summed E-state index contributed by atoms with van der Waals surface area (Å²) in [6.07, 6.45) is -1.16. The second kappa shape index (κ2) is 5.91. The predicted octanol–water partition coefficient (Wildman–Crippen LogP) is 5.86. The minimum Gasteiger partial charge on any atom is -0.300 e.